The van der Waals surface area contributed by atoms with Crippen molar-refractivity contribution in [3.63, 3.8) is 0 Å². The fourth-order valence-electron chi connectivity index (χ4n) is 3.98. The average Bonchev–Trinajstić information content (AvgIpc) is 2.91. The summed E-state index contributed by atoms with van der Waals surface area (Å²) in [5.41, 5.74) is 3.27. The van der Waals surface area contributed by atoms with E-state index in [2.05, 4.69) is 20.6 Å². The predicted molar refractivity (Wildman–Crippen MR) is 104 cm³/mol. The maximum absolute atomic E-state index is 12.1. The number of nitrogens with one attached hydrogen (secondary N) is 1. The Labute approximate surface area is 165 Å². The fraction of sp³-hybridized carbons (Fsp3) is 0.600. The molecule has 3 atom stereocenters. The first-order valence-corrected chi connectivity index (χ1v) is 9.76. The van der Waals surface area contributed by atoms with Crippen molar-refractivity contribution >= 4 is 6.09 Å². The quantitative estimate of drug-likeness (QED) is 0.869. The van der Waals surface area contributed by atoms with Gasteiger partial charge in [0.25, 0.3) is 0 Å². The van der Waals surface area contributed by atoms with Crippen molar-refractivity contribution in [2.24, 2.45) is 18.9 Å². The summed E-state index contributed by atoms with van der Waals surface area (Å²) in [5, 5.41) is 16.6. The zero-order valence-corrected chi connectivity index (χ0v) is 17.1. The van der Waals surface area contributed by atoms with Crippen molar-refractivity contribution in [2.75, 3.05) is 13.1 Å². The fourth-order valence-corrected chi connectivity index (χ4v) is 3.98. The molecule has 28 heavy (non-hydrogen) atoms. The van der Waals surface area contributed by atoms with E-state index in [1.54, 1.807) is 4.68 Å². The van der Waals surface area contributed by atoms with Gasteiger partial charge >= 0.3 is 6.09 Å². The van der Waals surface area contributed by atoms with E-state index in [-0.39, 0.29) is 6.09 Å². The first-order valence-electron chi connectivity index (χ1n) is 9.76. The van der Waals surface area contributed by atoms with Gasteiger partial charge in [-0.2, -0.15) is 15.3 Å². The van der Waals surface area contributed by atoms with Gasteiger partial charge in [0.05, 0.1) is 17.1 Å². The molecule has 0 bridgehead atoms. The molecule has 1 N–H and O–H groups in total. The van der Waals surface area contributed by atoms with Crippen molar-refractivity contribution in [3.05, 3.63) is 29.7 Å². The molecule has 3 heterocycles. The van der Waals surface area contributed by atoms with Crippen LogP contribution in [0, 0.1) is 18.8 Å². The Hall–Kier alpha value is -2.48. The maximum atomic E-state index is 12.1. The number of amides is 1. The van der Waals surface area contributed by atoms with Gasteiger partial charge in [0, 0.05) is 44.5 Å². The summed E-state index contributed by atoms with van der Waals surface area (Å²) < 4.78 is 7.24. The molecule has 1 saturated carbocycles. The smallest absolute Gasteiger partial charge is 0.410 e. The molecule has 2 fully saturated rings. The molecule has 8 heteroatoms. The number of fused-ring (bicyclic) bond motifs is 1. The highest BCUT2D eigenvalue weighted by molar-refractivity contribution is 5.69. The first kappa shape index (κ1) is 18.9. The Morgan fingerprint density at radius 2 is 1.96 bits per heavy atom. The third-order valence-electron chi connectivity index (χ3n) is 5.37. The van der Waals surface area contributed by atoms with Crippen LogP contribution in [-0.2, 0) is 18.3 Å². The highest BCUT2D eigenvalue weighted by atomic mass is 16.6. The van der Waals surface area contributed by atoms with Gasteiger partial charge in [0.15, 0.2) is 0 Å². The van der Waals surface area contributed by atoms with E-state index in [9.17, 15) is 4.79 Å². The minimum absolute atomic E-state index is 0.203. The summed E-state index contributed by atoms with van der Waals surface area (Å²) in [6.07, 6.45) is 1.75. The Balaban J connectivity index is 1.26. The van der Waals surface area contributed by atoms with Crippen molar-refractivity contribution in [1.29, 1.82) is 0 Å². The Morgan fingerprint density at radius 1 is 1.25 bits per heavy atom. The monoisotopic (exact) mass is 384 g/mol. The molecular formula is C20H28N6O2. The van der Waals surface area contributed by atoms with Crippen LogP contribution in [-0.4, -0.2) is 55.7 Å². The molecule has 1 saturated heterocycles. The molecular weight excluding hydrogens is 356 g/mol. The van der Waals surface area contributed by atoms with Crippen LogP contribution in [0.1, 0.15) is 32.2 Å². The van der Waals surface area contributed by atoms with Crippen molar-refractivity contribution in [3.8, 4) is 11.3 Å². The van der Waals surface area contributed by atoms with Crippen molar-refractivity contribution < 1.29 is 9.53 Å². The molecule has 2 aromatic heterocycles. The zero-order valence-electron chi connectivity index (χ0n) is 17.1. The molecule has 4 rings (SSSR count). The largest absolute Gasteiger partial charge is 0.444 e. The number of aryl methyl sites for hydroxylation is 2. The van der Waals surface area contributed by atoms with Crippen molar-refractivity contribution in [1.82, 2.24) is 30.2 Å². The first-order chi connectivity index (χ1) is 13.2. The topological polar surface area (TPSA) is 85.2 Å². The molecule has 0 radical (unpaired) electrons. The third kappa shape index (κ3) is 3.87. The number of aromatic nitrogens is 4. The molecule has 1 aliphatic heterocycles. The SMILES string of the molecule is Cc1nn(C)cc1-c1ccc(CNC2[C@H]3CN(C(=O)OC(C)(C)C)C[C@@H]23)nn1. The summed E-state index contributed by atoms with van der Waals surface area (Å²) >= 11 is 0. The Bertz CT molecular complexity index is 858. The molecule has 1 unspecified atom stereocenters. The van der Waals surface area contributed by atoms with Gasteiger partial charge in [-0.25, -0.2) is 4.79 Å². The molecule has 1 aliphatic carbocycles. The summed E-state index contributed by atoms with van der Waals surface area (Å²) in [5.74, 6) is 1.02. The molecule has 150 valence electrons. The Morgan fingerprint density at radius 3 is 2.50 bits per heavy atom. The number of hydrogen-bond donors (Lipinski definition) is 1. The van der Waals surface area contributed by atoms with E-state index in [0.29, 0.717) is 24.4 Å². The summed E-state index contributed by atoms with van der Waals surface area (Å²) in [7, 11) is 1.90. The molecule has 8 nitrogen and oxygen atoms in total. The standard InChI is InChI=1S/C20H28N6O2/c1-12-14(9-25(5)24-12)17-7-6-13(22-23-17)8-21-18-15-10-26(11-16(15)18)19(27)28-20(2,3)4/h6-7,9,15-16,18,21H,8,10-11H2,1-5H3/t15-,16+,18?. The number of carbonyl (C=O) groups is 1. The highest BCUT2D eigenvalue weighted by Gasteiger charge is 2.56. The number of rotatable bonds is 4. The minimum atomic E-state index is -0.444. The minimum Gasteiger partial charge on any atom is -0.444 e. The number of nitrogens with zero attached hydrogens (tertiary/aromatic N) is 5. The number of carbonyl (C=O) groups excluding carboxylic acids is 1. The number of ether oxygens (including phenoxy) is 1. The van der Waals surface area contributed by atoms with Crippen LogP contribution < -0.4 is 5.32 Å². The third-order valence-corrected chi connectivity index (χ3v) is 5.37. The van der Waals surface area contributed by atoms with Gasteiger partial charge in [-0.05, 0) is 51.7 Å². The zero-order chi connectivity index (χ0) is 20.1. The van der Waals surface area contributed by atoms with Crippen molar-refractivity contribution in [2.45, 2.75) is 45.9 Å². The van der Waals surface area contributed by atoms with E-state index < -0.39 is 5.60 Å². The van der Waals surface area contributed by atoms with Crippen LogP contribution >= 0.6 is 0 Å². The maximum Gasteiger partial charge on any atom is 0.410 e. The number of hydrogen-bond acceptors (Lipinski definition) is 6. The van der Waals surface area contributed by atoms with E-state index in [1.165, 1.54) is 0 Å². The van der Waals surface area contributed by atoms with E-state index in [0.717, 1.165) is 35.7 Å². The predicted octanol–water partition coefficient (Wildman–Crippen LogP) is 2.14. The van der Waals surface area contributed by atoms with E-state index in [1.807, 2.05) is 58.0 Å². The van der Waals surface area contributed by atoms with E-state index in [4.69, 9.17) is 4.74 Å². The molecule has 0 aromatic carbocycles. The lowest BCUT2D eigenvalue weighted by molar-refractivity contribution is 0.0269. The summed E-state index contributed by atoms with van der Waals surface area (Å²) in [6, 6.07) is 4.44. The van der Waals surface area contributed by atoms with Gasteiger partial charge in [-0.3, -0.25) is 4.68 Å². The van der Waals surface area contributed by atoms with Crippen LogP contribution in [0.4, 0.5) is 4.79 Å². The van der Waals surface area contributed by atoms with Crippen LogP contribution in [0.5, 0.6) is 0 Å². The van der Waals surface area contributed by atoms with Gasteiger partial charge < -0.3 is 15.0 Å². The Kier molecular flexibility index (Phi) is 4.61. The second-order valence-corrected chi connectivity index (χ2v) is 8.83. The van der Waals surface area contributed by atoms with Crippen LogP contribution in [0.15, 0.2) is 18.3 Å². The molecule has 2 aliphatic rings. The molecule has 0 spiro atoms. The van der Waals surface area contributed by atoms with Gasteiger partial charge in [-0.1, -0.05) is 0 Å². The highest BCUT2D eigenvalue weighted by Crippen LogP contribution is 2.45. The lowest BCUT2D eigenvalue weighted by Gasteiger charge is -2.26. The van der Waals surface area contributed by atoms with Gasteiger partial charge in [-0.15, -0.1) is 0 Å². The molecule has 2 aromatic rings. The average molecular weight is 384 g/mol. The second-order valence-electron chi connectivity index (χ2n) is 8.83. The molecule has 1 amide bonds. The number of likely N-dealkylation sites (tertiary alicyclic amines) is 1. The summed E-state index contributed by atoms with van der Waals surface area (Å²) in [4.78, 5) is 14.0. The normalized spacial score (nSPS) is 23.6. The van der Waals surface area contributed by atoms with Gasteiger partial charge in [0.1, 0.15) is 5.60 Å². The summed E-state index contributed by atoms with van der Waals surface area (Å²) in [6.45, 7) is 9.88. The van der Waals surface area contributed by atoms with E-state index >= 15 is 0 Å². The van der Waals surface area contributed by atoms with Crippen LogP contribution in [0.3, 0.4) is 0 Å². The second kappa shape index (κ2) is 6.84. The van der Waals surface area contributed by atoms with Crippen LogP contribution in [0.25, 0.3) is 11.3 Å². The lowest BCUT2D eigenvalue weighted by atomic mass is 10.2. The lowest BCUT2D eigenvalue weighted by Crippen LogP contribution is -2.39. The number of piperidine rings is 1. The van der Waals surface area contributed by atoms with Gasteiger partial charge in [0.2, 0.25) is 0 Å². The van der Waals surface area contributed by atoms with Crippen LogP contribution in [0.2, 0.25) is 0 Å².